The first-order chi connectivity index (χ1) is 10.1. The fourth-order valence-corrected chi connectivity index (χ4v) is 2.74. The Kier molecular flexibility index (Phi) is 3.55. The molecule has 0 aliphatic rings. The van der Waals surface area contributed by atoms with Crippen LogP contribution in [0.1, 0.15) is 36.3 Å². The van der Waals surface area contributed by atoms with Gasteiger partial charge in [-0.2, -0.15) is 0 Å². The Hall–Kier alpha value is -2.07. The van der Waals surface area contributed by atoms with Gasteiger partial charge in [-0.25, -0.2) is 4.98 Å². The van der Waals surface area contributed by atoms with Crippen LogP contribution in [0.5, 0.6) is 0 Å². The van der Waals surface area contributed by atoms with Crippen LogP contribution in [0.2, 0.25) is 0 Å². The number of rotatable bonds is 4. The summed E-state index contributed by atoms with van der Waals surface area (Å²) in [6.45, 7) is 6.32. The summed E-state index contributed by atoms with van der Waals surface area (Å²) >= 11 is 0. The summed E-state index contributed by atoms with van der Waals surface area (Å²) in [6, 6.07) is 8.13. The lowest BCUT2D eigenvalue weighted by molar-refractivity contribution is 0.378. The Bertz CT molecular complexity index is 743. The lowest BCUT2D eigenvalue weighted by atomic mass is 10.0. The summed E-state index contributed by atoms with van der Waals surface area (Å²) in [6.07, 6.45) is 4.43. The molecule has 0 bridgehead atoms. The van der Waals surface area contributed by atoms with E-state index >= 15 is 0 Å². The van der Waals surface area contributed by atoms with E-state index in [9.17, 15) is 0 Å². The van der Waals surface area contributed by atoms with Crippen molar-refractivity contribution in [3.63, 3.8) is 0 Å². The molecule has 0 saturated heterocycles. The van der Waals surface area contributed by atoms with E-state index in [2.05, 4.69) is 42.5 Å². The number of benzene rings is 1. The van der Waals surface area contributed by atoms with E-state index in [1.807, 2.05) is 18.5 Å². The summed E-state index contributed by atoms with van der Waals surface area (Å²) in [7, 11) is 0. The van der Waals surface area contributed by atoms with Crippen LogP contribution in [0, 0.1) is 13.8 Å². The van der Waals surface area contributed by atoms with Crippen LogP contribution in [0.15, 0.2) is 41.3 Å². The second kappa shape index (κ2) is 5.37. The average Bonchev–Trinajstić information content (AvgIpc) is 3.11. The first-order valence-corrected chi connectivity index (χ1v) is 7.34. The highest BCUT2D eigenvalue weighted by Crippen LogP contribution is 2.28. The Morgan fingerprint density at radius 3 is 2.71 bits per heavy atom. The second-order valence-corrected chi connectivity index (χ2v) is 5.61. The molecule has 2 unspecified atom stereocenters. The van der Waals surface area contributed by atoms with E-state index in [4.69, 9.17) is 10.2 Å². The maximum atomic E-state index is 6.35. The van der Waals surface area contributed by atoms with Crippen molar-refractivity contribution in [1.29, 1.82) is 0 Å². The molecule has 0 saturated carbocycles. The van der Waals surface area contributed by atoms with Crippen LogP contribution in [-0.2, 0) is 0 Å². The number of imidazole rings is 1. The molecule has 3 rings (SSSR count). The molecule has 0 aliphatic heterocycles. The normalized spacial score (nSPS) is 14.5. The number of hydrogen-bond donors (Lipinski definition) is 1. The third kappa shape index (κ3) is 2.36. The van der Waals surface area contributed by atoms with Gasteiger partial charge in [0.15, 0.2) is 0 Å². The Labute approximate surface area is 124 Å². The smallest absolute Gasteiger partial charge is 0.128 e. The second-order valence-electron chi connectivity index (χ2n) is 5.61. The fourth-order valence-electron chi connectivity index (χ4n) is 2.74. The van der Waals surface area contributed by atoms with Crippen LogP contribution in [0.25, 0.3) is 11.0 Å². The molecule has 0 radical (unpaired) electrons. The van der Waals surface area contributed by atoms with Crippen molar-refractivity contribution in [1.82, 2.24) is 9.55 Å². The maximum Gasteiger partial charge on any atom is 0.128 e. The van der Waals surface area contributed by atoms with Gasteiger partial charge in [0.1, 0.15) is 11.8 Å². The summed E-state index contributed by atoms with van der Waals surface area (Å²) < 4.78 is 7.75. The van der Waals surface area contributed by atoms with Gasteiger partial charge in [-0.3, -0.25) is 0 Å². The third-order valence-electron chi connectivity index (χ3n) is 4.20. The number of nitrogens with zero attached hydrogens (tertiary/aromatic N) is 2. The number of hydrogen-bond acceptors (Lipinski definition) is 3. The summed E-state index contributed by atoms with van der Waals surface area (Å²) in [5.41, 5.74) is 11.0. The molecule has 2 atom stereocenters. The topological polar surface area (TPSA) is 57.0 Å². The minimum absolute atomic E-state index is 0.0184. The molecule has 2 heterocycles. The minimum Gasteiger partial charge on any atom is -0.467 e. The number of fused-ring (bicyclic) bond motifs is 1. The fraction of sp³-hybridized carbons (Fsp3) is 0.353. The first-order valence-electron chi connectivity index (χ1n) is 7.34. The maximum absolute atomic E-state index is 6.35. The van der Waals surface area contributed by atoms with Crippen molar-refractivity contribution in [2.24, 2.45) is 5.73 Å². The van der Waals surface area contributed by atoms with Gasteiger partial charge in [-0.1, -0.05) is 6.92 Å². The largest absolute Gasteiger partial charge is 0.467 e. The predicted octanol–water partition coefficient (Wildman–Crippen LogP) is 3.57. The summed E-state index contributed by atoms with van der Waals surface area (Å²) in [5.74, 6) is 0.877. The van der Waals surface area contributed by atoms with Crippen molar-refractivity contribution >= 4 is 11.0 Å². The van der Waals surface area contributed by atoms with Crippen molar-refractivity contribution < 1.29 is 4.42 Å². The van der Waals surface area contributed by atoms with Crippen LogP contribution in [0.4, 0.5) is 0 Å². The lowest BCUT2D eigenvalue weighted by Crippen LogP contribution is -2.32. The highest BCUT2D eigenvalue weighted by Gasteiger charge is 2.24. The number of aromatic nitrogens is 2. The van der Waals surface area contributed by atoms with Crippen LogP contribution in [0.3, 0.4) is 0 Å². The zero-order valence-electron chi connectivity index (χ0n) is 12.7. The van der Waals surface area contributed by atoms with Gasteiger partial charge in [0.25, 0.3) is 0 Å². The van der Waals surface area contributed by atoms with Gasteiger partial charge in [0.2, 0.25) is 0 Å². The van der Waals surface area contributed by atoms with Crippen molar-refractivity contribution in [3.05, 3.63) is 53.7 Å². The van der Waals surface area contributed by atoms with E-state index in [-0.39, 0.29) is 12.1 Å². The molecule has 0 amide bonds. The van der Waals surface area contributed by atoms with Crippen LogP contribution in [-0.4, -0.2) is 15.6 Å². The van der Waals surface area contributed by atoms with E-state index in [1.54, 1.807) is 6.26 Å². The standard InChI is InChI=1S/C17H21N3O/c1-4-13(18)17(16-6-5-7-21-16)20-10-19-14-8-11(2)12(3)9-15(14)20/h5-10,13,17H,4,18H2,1-3H3. The van der Waals surface area contributed by atoms with E-state index in [0.29, 0.717) is 0 Å². The highest BCUT2D eigenvalue weighted by molar-refractivity contribution is 5.77. The Morgan fingerprint density at radius 2 is 2.05 bits per heavy atom. The molecule has 21 heavy (non-hydrogen) atoms. The van der Waals surface area contributed by atoms with Crippen molar-refractivity contribution in [2.45, 2.75) is 39.3 Å². The quantitative estimate of drug-likeness (QED) is 0.796. The Balaban J connectivity index is 2.18. The van der Waals surface area contributed by atoms with Crippen molar-refractivity contribution in [3.8, 4) is 0 Å². The molecule has 3 aromatic rings. The molecule has 110 valence electrons. The minimum atomic E-state index is -0.0305. The van der Waals surface area contributed by atoms with E-state index in [1.165, 1.54) is 11.1 Å². The van der Waals surface area contributed by atoms with Gasteiger partial charge < -0.3 is 14.7 Å². The van der Waals surface area contributed by atoms with Crippen molar-refractivity contribution in [2.75, 3.05) is 0 Å². The number of furan rings is 1. The molecule has 2 aromatic heterocycles. The zero-order valence-corrected chi connectivity index (χ0v) is 12.7. The molecule has 4 heteroatoms. The van der Waals surface area contributed by atoms with Gasteiger partial charge in [0, 0.05) is 6.04 Å². The first kappa shape index (κ1) is 13.9. The lowest BCUT2D eigenvalue weighted by Gasteiger charge is -2.23. The van der Waals surface area contributed by atoms with Gasteiger partial charge in [0.05, 0.1) is 23.6 Å². The average molecular weight is 283 g/mol. The molecule has 0 aliphatic carbocycles. The highest BCUT2D eigenvalue weighted by atomic mass is 16.3. The predicted molar refractivity (Wildman–Crippen MR) is 84.3 cm³/mol. The van der Waals surface area contributed by atoms with Crippen LogP contribution < -0.4 is 5.73 Å². The van der Waals surface area contributed by atoms with E-state index in [0.717, 1.165) is 23.2 Å². The zero-order chi connectivity index (χ0) is 15.0. The molecular weight excluding hydrogens is 262 g/mol. The molecular formula is C17H21N3O. The van der Waals surface area contributed by atoms with Gasteiger partial charge in [-0.05, 0) is 55.7 Å². The number of aryl methyl sites for hydroxylation is 2. The SMILES string of the molecule is CCC(N)C(c1ccco1)n1cnc2cc(C)c(C)cc21. The van der Waals surface area contributed by atoms with Gasteiger partial charge in [-0.15, -0.1) is 0 Å². The summed E-state index contributed by atoms with van der Waals surface area (Å²) in [4.78, 5) is 4.53. The van der Waals surface area contributed by atoms with Crippen LogP contribution >= 0.6 is 0 Å². The third-order valence-corrected chi connectivity index (χ3v) is 4.20. The van der Waals surface area contributed by atoms with E-state index < -0.39 is 0 Å². The summed E-state index contributed by atoms with van der Waals surface area (Å²) in [5, 5.41) is 0. The molecule has 1 aromatic carbocycles. The molecule has 2 N–H and O–H groups in total. The molecule has 0 fully saturated rings. The Morgan fingerprint density at radius 1 is 1.29 bits per heavy atom. The molecule has 0 spiro atoms. The number of nitrogens with two attached hydrogens (primary N) is 1. The molecule has 4 nitrogen and oxygen atoms in total. The monoisotopic (exact) mass is 283 g/mol. The van der Waals surface area contributed by atoms with Gasteiger partial charge >= 0.3 is 0 Å².